The summed E-state index contributed by atoms with van der Waals surface area (Å²) in [5, 5.41) is 0. The van der Waals surface area contributed by atoms with E-state index in [0.717, 1.165) is 0 Å². The van der Waals surface area contributed by atoms with E-state index in [0.29, 0.717) is 0 Å². The summed E-state index contributed by atoms with van der Waals surface area (Å²) in [4.78, 5) is 0. The summed E-state index contributed by atoms with van der Waals surface area (Å²) in [6.07, 6.45) is 0. The molecule has 0 aliphatic heterocycles. The molecule has 0 saturated heterocycles. The smallest absolute Gasteiger partial charge is 4.00 e. The molecule has 10 heteroatoms. The van der Waals surface area contributed by atoms with Gasteiger partial charge in [-0.15, -0.1) is 0 Å². The molecule has 0 nitrogen and oxygen atoms in total. The van der Waals surface area contributed by atoms with Crippen LogP contribution in [0.25, 0.3) is 0 Å². The predicted octanol–water partition coefficient (Wildman–Crippen LogP) is -0.0250. The van der Waals surface area contributed by atoms with Crippen molar-refractivity contribution in [3.63, 3.8) is 0 Å². The van der Waals surface area contributed by atoms with Gasteiger partial charge in [0, 0.05) is 0 Å². The zero-order valence-corrected chi connectivity index (χ0v) is 25.9. The van der Waals surface area contributed by atoms with Crippen molar-refractivity contribution in [2.24, 2.45) is 0 Å². The van der Waals surface area contributed by atoms with Crippen LogP contribution >= 0.6 is 0 Å². The molecule has 60 valence electrons. The van der Waals surface area contributed by atoms with Crippen molar-refractivity contribution in [3.05, 3.63) is 0 Å². The molecule has 0 atom stereocenters. The van der Waals surface area contributed by atoms with Gasteiger partial charge in [-0.05, 0) is 0 Å². The van der Waals surface area contributed by atoms with Crippen molar-refractivity contribution in [1.29, 1.82) is 0 Å². The van der Waals surface area contributed by atoms with Crippen molar-refractivity contribution in [2.45, 2.75) is 0 Å². The van der Waals surface area contributed by atoms with Crippen LogP contribution in [0.2, 0.25) is 0 Å². The predicted molar refractivity (Wildman–Crippen MR) is 0 cm³/mol. The molecule has 0 fully saturated rings. The molecule has 0 N–H and O–H groups in total. The molecule has 0 aromatic heterocycles. The van der Waals surface area contributed by atoms with Gasteiger partial charge >= 0.3 is 211 Å². The minimum absolute atomic E-state index is 0. The van der Waals surface area contributed by atoms with Crippen LogP contribution in [0.3, 0.4) is 0 Å². The molecular formula is Pt10+40. The molecule has 0 rings (SSSR count). The zero-order chi connectivity index (χ0) is 0. The van der Waals surface area contributed by atoms with Gasteiger partial charge in [0.1, 0.15) is 0 Å². The second kappa shape index (κ2) is 74.3. The van der Waals surface area contributed by atoms with Gasteiger partial charge in [-0.3, -0.25) is 0 Å². The average molecular weight is 1950 g/mol. The van der Waals surface area contributed by atoms with Crippen molar-refractivity contribution < 1.29 is 211 Å². The van der Waals surface area contributed by atoms with Crippen LogP contribution in [0.5, 0.6) is 0 Å². The van der Waals surface area contributed by atoms with E-state index in [4.69, 9.17) is 0 Å². The topological polar surface area (TPSA) is 0 Å². The largest absolute Gasteiger partial charge is 4.00 e. The zero-order valence-electron chi connectivity index (χ0n) is 3.16. The Hall–Kier alpha value is 6.88. The minimum Gasteiger partial charge on any atom is 4.00 e. The maximum absolute atomic E-state index is 0. The molecule has 0 aliphatic carbocycles. The molecule has 0 aromatic carbocycles. The summed E-state index contributed by atoms with van der Waals surface area (Å²) in [6.45, 7) is 0. The van der Waals surface area contributed by atoms with E-state index in [1.807, 2.05) is 0 Å². The molecule has 0 amide bonds. The molecule has 0 unspecified atom stereocenters. The minimum atomic E-state index is 0. The van der Waals surface area contributed by atoms with Crippen LogP contribution in [-0.4, -0.2) is 0 Å². The first-order chi connectivity index (χ1) is 0. The van der Waals surface area contributed by atoms with E-state index in [1.54, 1.807) is 0 Å². The summed E-state index contributed by atoms with van der Waals surface area (Å²) < 4.78 is 0. The van der Waals surface area contributed by atoms with Crippen molar-refractivity contribution in [1.82, 2.24) is 0 Å². The maximum atomic E-state index is 0. The van der Waals surface area contributed by atoms with Gasteiger partial charge in [0.25, 0.3) is 0 Å². The van der Waals surface area contributed by atoms with Crippen LogP contribution in [0.1, 0.15) is 0 Å². The van der Waals surface area contributed by atoms with Gasteiger partial charge < -0.3 is 0 Å². The van der Waals surface area contributed by atoms with E-state index < -0.39 is 0 Å². The van der Waals surface area contributed by atoms with E-state index >= 15 is 0 Å². The van der Waals surface area contributed by atoms with Gasteiger partial charge in [0.05, 0.1) is 0 Å². The molecule has 0 saturated carbocycles. The first kappa shape index (κ1) is 89.9. The van der Waals surface area contributed by atoms with Crippen LogP contribution in [0.15, 0.2) is 0 Å². The quantitative estimate of drug-likeness (QED) is 0.321. The number of hydrogen-bond acceptors (Lipinski definition) is 0. The molecule has 0 heterocycles. The summed E-state index contributed by atoms with van der Waals surface area (Å²) in [7, 11) is 0. The summed E-state index contributed by atoms with van der Waals surface area (Å²) in [6, 6.07) is 0. The van der Waals surface area contributed by atoms with Crippen LogP contribution < -0.4 is 0 Å². The van der Waals surface area contributed by atoms with Crippen LogP contribution in [0, 0.1) is 0 Å². The average Bonchev–Trinajstić information content (AvgIpc) is 0. The molecule has 0 aliphatic rings. The van der Waals surface area contributed by atoms with Crippen LogP contribution in [0.4, 0.5) is 0 Å². The second-order valence-corrected chi connectivity index (χ2v) is 0. The monoisotopic (exact) mass is 1950 g/mol. The summed E-state index contributed by atoms with van der Waals surface area (Å²) in [5.74, 6) is 0. The van der Waals surface area contributed by atoms with Crippen LogP contribution in [-0.2, 0) is 211 Å². The van der Waals surface area contributed by atoms with Gasteiger partial charge in [-0.25, -0.2) is 0 Å². The third kappa shape index (κ3) is 60.5. The SMILES string of the molecule is [Pt+4].[Pt+4].[Pt+4].[Pt+4].[Pt+4].[Pt+4].[Pt+4].[Pt+4].[Pt+4].[Pt+4]. The normalized spacial score (nSPS) is 0. The second-order valence-electron chi connectivity index (χ2n) is 0. The molecule has 10 heavy (non-hydrogen) atoms. The third-order valence-electron chi connectivity index (χ3n) is 0. The summed E-state index contributed by atoms with van der Waals surface area (Å²) >= 11 is 0. The number of rotatable bonds is 0. The Morgan fingerprint density at radius 2 is 0.100 bits per heavy atom. The van der Waals surface area contributed by atoms with Crippen molar-refractivity contribution in [3.8, 4) is 0 Å². The van der Waals surface area contributed by atoms with Gasteiger partial charge in [-0.1, -0.05) is 0 Å². The molecule has 0 spiro atoms. The van der Waals surface area contributed by atoms with Crippen molar-refractivity contribution >= 4 is 0 Å². The Kier molecular flexibility index (Phi) is 668. The molecule has 0 aromatic rings. The fourth-order valence-electron chi connectivity index (χ4n) is 0. The van der Waals surface area contributed by atoms with Gasteiger partial charge in [0.2, 0.25) is 0 Å². The Labute approximate surface area is 205 Å². The van der Waals surface area contributed by atoms with Gasteiger partial charge in [0.15, 0.2) is 0 Å². The Bertz CT molecular complexity index is 0. The fraction of sp³-hybridized carbons (Fsp3) is 0. The van der Waals surface area contributed by atoms with E-state index in [1.165, 1.54) is 0 Å². The fourth-order valence-corrected chi connectivity index (χ4v) is 0. The summed E-state index contributed by atoms with van der Waals surface area (Å²) in [5.41, 5.74) is 0. The third-order valence-corrected chi connectivity index (χ3v) is 0. The first-order valence-corrected chi connectivity index (χ1v) is 0. The molecule has 0 bridgehead atoms. The van der Waals surface area contributed by atoms with E-state index in [9.17, 15) is 0 Å². The maximum Gasteiger partial charge on any atom is 4.00 e. The first-order valence-electron chi connectivity index (χ1n) is 0. The Balaban J connectivity index is 0. The standard InChI is InChI=1S/10Pt/q10*+4. The molecular weight excluding hydrogens is 1950 g/mol. The Morgan fingerprint density at radius 1 is 0.100 bits per heavy atom. The van der Waals surface area contributed by atoms with Crippen molar-refractivity contribution in [2.75, 3.05) is 0 Å². The Morgan fingerprint density at radius 3 is 0.100 bits per heavy atom. The van der Waals surface area contributed by atoms with E-state index in [2.05, 4.69) is 0 Å². The number of hydrogen-bond donors (Lipinski definition) is 0. The van der Waals surface area contributed by atoms with E-state index in [-0.39, 0.29) is 211 Å². The molecule has 0 radical (unpaired) electrons. The van der Waals surface area contributed by atoms with Gasteiger partial charge in [-0.2, -0.15) is 0 Å².